The number of thiophene rings is 1. The van der Waals surface area contributed by atoms with Crippen molar-refractivity contribution in [2.75, 3.05) is 13.2 Å². The first-order chi connectivity index (χ1) is 12.6. The van der Waals surface area contributed by atoms with Crippen LogP contribution in [0.2, 0.25) is 0 Å². The molecule has 1 aliphatic rings. The summed E-state index contributed by atoms with van der Waals surface area (Å²) in [5, 5.41) is 12.4. The van der Waals surface area contributed by atoms with Gasteiger partial charge in [-0.05, 0) is 47.2 Å². The Morgan fingerprint density at radius 2 is 2.04 bits per heavy atom. The van der Waals surface area contributed by atoms with Gasteiger partial charge in [-0.3, -0.25) is 4.79 Å². The molecule has 1 N–H and O–H groups in total. The van der Waals surface area contributed by atoms with Gasteiger partial charge in [0.2, 0.25) is 0 Å². The van der Waals surface area contributed by atoms with Crippen molar-refractivity contribution in [2.45, 2.75) is 13.5 Å². The number of fused-ring (bicyclic) bond motifs is 1. The number of rotatable bonds is 2. The van der Waals surface area contributed by atoms with E-state index in [1.54, 1.807) is 11.0 Å². The van der Waals surface area contributed by atoms with Gasteiger partial charge in [-0.15, -0.1) is 11.3 Å². The number of nitrogens with zero attached hydrogens (tertiary/aromatic N) is 1. The number of phenols is 1. The monoisotopic (exact) mass is 365 g/mol. The molecule has 0 atom stereocenters. The maximum absolute atomic E-state index is 12.7. The van der Waals surface area contributed by atoms with E-state index in [1.807, 2.05) is 54.8 Å². The summed E-state index contributed by atoms with van der Waals surface area (Å²) in [4.78, 5) is 15.2. The standard InChI is InChI=1S/C21H19NO3S/c1-14-5-2-3-6-17(14)15-11-16-13-22(21(24)19-7-4-10-26-19)8-9-25-20(16)18(23)12-15/h2-7,10-12,23H,8-9,13H2,1H3. The molecular formula is C21H19NO3S. The van der Waals surface area contributed by atoms with Crippen molar-refractivity contribution < 1.29 is 14.6 Å². The molecule has 26 heavy (non-hydrogen) atoms. The van der Waals surface area contributed by atoms with Gasteiger partial charge in [0, 0.05) is 12.1 Å². The molecule has 0 bridgehead atoms. The lowest BCUT2D eigenvalue weighted by molar-refractivity contribution is 0.0738. The van der Waals surface area contributed by atoms with Crippen LogP contribution < -0.4 is 4.74 Å². The summed E-state index contributed by atoms with van der Waals surface area (Å²) in [5.41, 5.74) is 3.94. The van der Waals surface area contributed by atoms with Gasteiger partial charge in [0.15, 0.2) is 11.5 Å². The Bertz CT molecular complexity index is 950. The third-order valence-corrected chi connectivity index (χ3v) is 5.45. The Morgan fingerprint density at radius 1 is 1.19 bits per heavy atom. The van der Waals surface area contributed by atoms with Crippen LogP contribution in [-0.4, -0.2) is 29.1 Å². The minimum Gasteiger partial charge on any atom is -0.504 e. The SMILES string of the molecule is Cc1ccccc1-c1cc(O)c2c(c1)CN(C(=O)c1cccs1)CCO2. The minimum atomic E-state index is -0.00256. The molecular weight excluding hydrogens is 346 g/mol. The summed E-state index contributed by atoms with van der Waals surface area (Å²) in [6, 6.07) is 15.5. The molecule has 0 aliphatic carbocycles. The van der Waals surface area contributed by atoms with E-state index in [0.717, 1.165) is 22.3 Å². The topological polar surface area (TPSA) is 49.8 Å². The van der Waals surface area contributed by atoms with Crippen molar-refractivity contribution in [1.82, 2.24) is 4.90 Å². The highest BCUT2D eigenvalue weighted by atomic mass is 32.1. The molecule has 4 nitrogen and oxygen atoms in total. The lowest BCUT2D eigenvalue weighted by Crippen LogP contribution is -2.31. The maximum Gasteiger partial charge on any atom is 0.264 e. The lowest BCUT2D eigenvalue weighted by Gasteiger charge is -2.19. The number of ether oxygens (including phenoxy) is 1. The number of hydrogen-bond acceptors (Lipinski definition) is 4. The van der Waals surface area contributed by atoms with Gasteiger partial charge in [-0.2, -0.15) is 0 Å². The van der Waals surface area contributed by atoms with E-state index >= 15 is 0 Å². The van der Waals surface area contributed by atoms with Crippen LogP contribution in [0.25, 0.3) is 11.1 Å². The summed E-state index contributed by atoms with van der Waals surface area (Å²) >= 11 is 1.44. The summed E-state index contributed by atoms with van der Waals surface area (Å²) in [6.45, 7) is 3.31. The molecule has 1 aliphatic heterocycles. The van der Waals surface area contributed by atoms with E-state index in [0.29, 0.717) is 30.3 Å². The fraction of sp³-hybridized carbons (Fsp3) is 0.190. The first-order valence-electron chi connectivity index (χ1n) is 8.51. The fourth-order valence-corrected chi connectivity index (χ4v) is 3.97. The Labute approximate surface area is 156 Å². The van der Waals surface area contributed by atoms with E-state index in [2.05, 4.69) is 0 Å². The van der Waals surface area contributed by atoms with Crippen LogP contribution in [0.5, 0.6) is 11.5 Å². The minimum absolute atomic E-state index is 0.00256. The van der Waals surface area contributed by atoms with Gasteiger partial charge in [0.25, 0.3) is 5.91 Å². The lowest BCUT2D eigenvalue weighted by atomic mass is 9.98. The number of hydrogen-bond donors (Lipinski definition) is 1. The van der Waals surface area contributed by atoms with Gasteiger partial charge in [0.05, 0.1) is 11.4 Å². The zero-order valence-electron chi connectivity index (χ0n) is 14.4. The Hall–Kier alpha value is -2.79. The van der Waals surface area contributed by atoms with Gasteiger partial charge in [-0.25, -0.2) is 0 Å². The number of carbonyl (C=O) groups is 1. The number of amides is 1. The quantitative estimate of drug-likeness (QED) is 0.729. The highest BCUT2D eigenvalue weighted by molar-refractivity contribution is 7.12. The van der Waals surface area contributed by atoms with Gasteiger partial charge >= 0.3 is 0 Å². The molecule has 0 radical (unpaired) electrons. The molecule has 2 aromatic carbocycles. The second-order valence-corrected chi connectivity index (χ2v) is 7.30. The maximum atomic E-state index is 12.7. The Morgan fingerprint density at radius 3 is 2.81 bits per heavy atom. The van der Waals surface area contributed by atoms with Crippen molar-refractivity contribution in [3.63, 3.8) is 0 Å². The zero-order valence-corrected chi connectivity index (χ0v) is 15.3. The Kier molecular flexibility index (Phi) is 4.39. The van der Waals surface area contributed by atoms with E-state index in [-0.39, 0.29) is 11.7 Å². The van der Waals surface area contributed by atoms with E-state index in [4.69, 9.17) is 4.74 Å². The third kappa shape index (κ3) is 3.06. The summed E-state index contributed by atoms with van der Waals surface area (Å²) in [6.07, 6.45) is 0. The molecule has 5 heteroatoms. The normalized spacial score (nSPS) is 13.7. The van der Waals surface area contributed by atoms with Crippen LogP contribution in [-0.2, 0) is 6.54 Å². The third-order valence-electron chi connectivity index (χ3n) is 4.59. The smallest absolute Gasteiger partial charge is 0.264 e. The van der Waals surface area contributed by atoms with Crippen molar-refractivity contribution in [3.8, 4) is 22.6 Å². The fourth-order valence-electron chi connectivity index (χ4n) is 3.28. The zero-order chi connectivity index (χ0) is 18.1. The number of phenolic OH excluding ortho intramolecular Hbond substituents is 1. The molecule has 0 unspecified atom stereocenters. The van der Waals surface area contributed by atoms with Crippen LogP contribution in [0, 0.1) is 6.92 Å². The second-order valence-electron chi connectivity index (χ2n) is 6.35. The Balaban J connectivity index is 1.72. The van der Waals surface area contributed by atoms with Crippen molar-refractivity contribution in [3.05, 3.63) is 69.9 Å². The summed E-state index contributed by atoms with van der Waals surface area (Å²) < 4.78 is 5.76. The van der Waals surface area contributed by atoms with E-state index in [9.17, 15) is 9.90 Å². The average Bonchev–Trinajstić information content (AvgIpc) is 3.08. The molecule has 1 aromatic heterocycles. The van der Waals surface area contributed by atoms with Crippen LogP contribution in [0.15, 0.2) is 53.9 Å². The van der Waals surface area contributed by atoms with E-state index in [1.165, 1.54) is 11.3 Å². The largest absolute Gasteiger partial charge is 0.504 e. The van der Waals surface area contributed by atoms with Gasteiger partial charge in [-0.1, -0.05) is 30.3 Å². The summed E-state index contributed by atoms with van der Waals surface area (Å²) in [5.74, 6) is 0.590. The van der Waals surface area contributed by atoms with Crippen molar-refractivity contribution in [2.24, 2.45) is 0 Å². The first-order valence-corrected chi connectivity index (χ1v) is 9.39. The number of aryl methyl sites for hydroxylation is 1. The average molecular weight is 365 g/mol. The molecule has 2 heterocycles. The predicted molar refractivity (Wildman–Crippen MR) is 103 cm³/mol. The molecule has 0 saturated heterocycles. The number of aromatic hydroxyl groups is 1. The molecule has 0 saturated carbocycles. The van der Waals surface area contributed by atoms with E-state index < -0.39 is 0 Å². The molecule has 0 spiro atoms. The summed E-state index contributed by atoms with van der Waals surface area (Å²) in [7, 11) is 0. The van der Waals surface area contributed by atoms with Crippen molar-refractivity contribution >= 4 is 17.2 Å². The highest BCUT2D eigenvalue weighted by Gasteiger charge is 2.24. The molecule has 4 rings (SSSR count). The van der Waals surface area contributed by atoms with Crippen LogP contribution in [0.3, 0.4) is 0 Å². The van der Waals surface area contributed by atoms with Crippen LogP contribution in [0.4, 0.5) is 0 Å². The van der Waals surface area contributed by atoms with Gasteiger partial charge < -0.3 is 14.7 Å². The number of carbonyl (C=O) groups excluding carboxylic acids is 1. The molecule has 0 fully saturated rings. The molecule has 132 valence electrons. The van der Waals surface area contributed by atoms with Crippen molar-refractivity contribution in [1.29, 1.82) is 0 Å². The second kappa shape index (κ2) is 6.84. The molecule has 1 amide bonds. The highest BCUT2D eigenvalue weighted by Crippen LogP contribution is 2.38. The van der Waals surface area contributed by atoms with Crippen LogP contribution >= 0.6 is 11.3 Å². The first kappa shape index (κ1) is 16.7. The molecule has 3 aromatic rings. The predicted octanol–water partition coefficient (Wildman–Crippen LogP) is 4.46. The van der Waals surface area contributed by atoms with Crippen LogP contribution in [0.1, 0.15) is 20.8 Å². The van der Waals surface area contributed by atoms with Gasteiger partial charge in [0.1, 0.15) is 6.61 Å². The number of benzene rings is 2.